The molecule has 32 heavy (non-hydrogen) atoms. The van der Waals surface area contributed by atoms with E-state index in [0.29, 0.717) is 0 Å². The third kappa shape index (κ3) is 6.51. The molecular weight excluding hydrogens is 443 g/mol. The summed E-state index contributed by atoms with van der Waals surface area (Å²) in [5.74, 6) is -2.38. The van der Waals surface area contributed by atoms with E-state index in [4.69, 9.17) is 0 Å². The number of ether oxygens (including phenoxy) is 2. The summed E-state index contributed by atoms with van der Waals surface area (Å²) in [5, 5.41) is 2.54. The lowest BCUT2D eigenvalue weighted by Gasteiger charge is -2.22. The molecular formula is C21H23FN2O7S. The predicted molar refractivity (Wildman–Crippen MR) is 116 cm³/mol. The van der Waals surface area contributed by atoms with Gasteiger partial charge in [0.1, 0.15) is 5.82 Å². The third-order valence-corrected chi connectivity index (χ3v) is 5.59. The Hall–Kier alpha value is -3.47. The molecule has 0 saturated carbocycles. The molecule has 0 fully saturated rings. The minimum atomic E-state index is -3.66. The van der Waals surface area contributed by atoms with E-state index in [-0.39, 0.29) is 41.9 Å². The molecule has 0 heterocycles. The molecule has 0 bridgehead atoms. The number of anilines is 2. The molecule has 1 amide bonds. The molecule has 0 saturated heterocycles. The monoisotopic (exact) mass is 466 g/mol. The van der Waals surface area contributed by atoms with Crippen LogP contribution in [0.1, 0.15) is 33.6 Å². The second-order valence-corrected chi connectivity index (χ2v) is 8.61. The van der Waals surface area contributed by atoms with Gasteiger partial charge in [0.05, 0.1) is 43.0 Å². The van der Waals surface area contributed by atoms with E-state index >= 15 is 0 Å². The first-order valence-electron chi connectivity index (χ1n) is 9.40. The Morgan fingerprint density at radius 3 is 2.19 bits per heavy atom. The highest BCUT2D eigenvalue weighted by Gasteiger charge is 2.20. The quantitative estimate of drug-likeness (QED) is 0.564. The van der Waals surface area contributed by atoms with Gasteiger partial charge in [-0.15, -0.1) is 0 Å². The highest BCUT2D eigenvalue weighted by molar-refractivity contribution is 7.92. The fourth-order valence-corrected chi connectivity index (χ4v) is 3.84. The van der Waals surface area contributed by atoms with Crippen LogP contribution < -0.4 is 9.62 Å². The van der Waals surface area contributed by atoms with Crippen LogP contribution in [0.2, 0.25) is 0 Å². The lowest BCUT2D eigenvalue weighted by Crippen LogP contribution is -2.31. The Morgan fingerprint density at radius 1 is 1.00 bits per heavy atom. The average molecular weight is 466 g/mol. The van der Waals surface area contributed by atoms with Gasteiger partial charge in [-0.25, -0.2) is 22.4 Å². The number of halogens is 1. The van der Waals surface area contributed by atoms with Crippen LogP contribution in [-0.2, 0) is 24.3 Å². The van der Waals surface area contributed by atoms with Crippen molar-refractivity contribution in [1.29, 1.82) is 0 Å². The van der Waals surface area contributed by atoms with Gasteiger partial charge in [0, 0.05) is 13.0 Å². The Bertz CT molecular complexity index is 1100. The van der Waals surface area contributed by atoms with Gasteiger partial charge >= 0.3 is 11.9 Å². The summed E-state index contributed by atoms with van der Waals surface area (Å²) in [5.41, 5.74) is 0.490. The number of methoxy groups -OCH3 is 2. The minimum absolute atomic E-state index is 0.0239. The van der Waals surface area contributed by atoms with Gasteiger partial charge in [-0.2, -0.15) is 0 Å². The van der Waals surface area contributed by atoms with E-state index in [1.54, 1.807) is 0 Å². The topological polar surface area (TPSA) is 119 Å². The minimum Gasteiger partial charge on any atom is -0.465 e. The van der Waals surface area contributed by atoms with Gasteiger partial charge in [0.15, 0.2) is 0 Å². The molecule has 0 atom stereocenters. The molecule has 2 aromatic rings. The number of carbonyl (C=O) groups excluding carboxylic acids is 3. The lowest BCUT2D eigenvalue weighted by atomic mass is 10.1. The number of hydrogen-bond donors (Lipinski definition) is 1. The maximum absolute atomic E-state index is 13.1. The number of nitrogens with zero attached hydrogens (tertiary/aromatic N) is 1. The normalized spacial score (nSPS) is 10.9. The van der Waals surface area contributed by atoms with Crippen LogP contribution in [0, 0.1) is 5.82 Å². The van der Waals surface area contributed by atoms with E-state index in [0.717, 1.165) is 22.7 Å². The number of hydrogen-bond acceptors (Lipinski definition) is 7. The summed E-state index contributed by atoms with van der Waals surface area (Å²) < 4.78 is 47.7. The molecule has 0 aliphatic heterocycles. The number of nitrogens with one attached hydrogen (secondary N) is 1. The zero-order valence-electron chi connectivity index (χ0n) is 17.8. The van der Waals surface area contributed by atoms with Crippen molar-refractivity contribution in [1.82, 2.24) is 0 Å². The maximum atomic E-state index is 13.1. The molecule has 0 aliphatic carbocycles. The SMILES string of the molecule is COC(=O)c1ccc(C(=O)OC)c(NC(=O)CCCN(c2ccc(F)cc2)S(C)(=O)=O)c1. The van der Waals surface area contributed by atoms with Crippen molar-refractivity contribution in [2.75, 3.05) is 36.6 Å². The summed E-state index contributed by atoms with van der Waals surface area (Å²) in [4.78, 5) is 36.2. The van der Waals surface area contributed by atoms with Crippen molar-refractivity contribution in [2.45, 2.75) is 12.8 Å². The molecule has 1 N–H and O–H groups in total. The molecule has 2 rings (SSSR count). The Morgan fingerprint density at radius 2 is 1.62 bits per heavy atom. The number of esters is 2. The van der Waals surface area contributed by atoms with Gasteiger partial charge in [0.2, 0.25) is 15.9 Å². The predicted octanol–water partition coefficient (Wildman–Crippen LogP) is 2.58. The third-order valence-electron chi connectivity index (χ3n) is 4.40. The fraction of sp³-hybridized carbons (Fsp3) is 0.286. The molecule has 172 valence electrons. The van der Waals surface area contributed by atoms with Crippen LogP contribution in [0.5, 0.6) is 0 Å². The van der Waals surface area contributed by atoms with Crippen molar-refractivity contribution in [3.63, 3.8) is 0 Å². The summed E-state index contributed by atoms with van der Waals surface area (Å²) in [6, 6.07) is 8.92. The van der Waals surface area contributed by atoms with Crippen LogP contribution in [0.25, 0.3) is 0 Å². The van der Waals surface area contributed by atoms with Gasteiger partial charge in [-0.1, -0.05) is 0 Å². The van der Waals surface area contributed by atoms with Crippen molar-refractivity contribution in [3.8, 4) is 0 Å². The molecule has 9 nitrogen and oxygen atoms in total. The maximum Gasteiger partial charge on any atom is 0.339 e. The number of amides is 1. The summed E-state index contributed by atoms with van der Waals surface area (Å²) in [6.07, 6.45) is 1.06. The van der Waals surface area contributed by atoms with Gasteiger partial charge < -0.3 is 14.8 Å². The van der Waals surface area contributed by atoms with Gasteiger partial charge in [-0.05, 0) is 48.9 Å². The largest absolute Gasteiger partial charge is 0.465 e. The summed E-state index contributed by atoms with van der Waals surface area (Å²) >= 11 is 0. The number of benzene rings is 2. The number of rotatable bonds is 9. The highest BCUT2D eigenvalue weighted by atomic mass is 32.2. The molecule has 0 spiro atoms. The van der Waals surface area contributed by atoms with Crippen molar-refractivity contribution in [2.24, 2.45) is 0 Å². The first-order chi connectivity index (χ1) is 15.1. The Kier molecular flexibility index (Phi) is 8.30. The van der Waals surface area contributed by atoms with Crippen molar-refractivity contribution < 1.29 is 36.7 Å². The summed E-state index contributed by atoms with van der Waals surface area (Å²) in [6.45, 7) is -0.0239. The standard InChI is InChI=1S/C21H23FN2O7S/c1-30-20(26)14-6-11-17(21(27)31-2)18(13-14)23-19(25)5-4-12-24(32(3,28)29)16-9-7-15(22)8-10-16/h6-11,13H,4-5,12H2,1-3H3,(H,23,25). The molecule has 2 aromatic carbocycles. The second kappa shape index (κ2) is 10.7. The van der Waals surface area contributed by atoms with Gasteiger partial charge in [-0.3, -0.25) is 9.10 Å². The lowest BCUT2D eigenvalue weighted by molar-refractivity contribution is -0.116. The number of carbonyl (C=O) groups is 3. The first kappa shape index (κ1) is 24.8. The zero-order chi connectivity index (χ0) is 23.9. The van der Waals surface area contributed by atoms with E-state index in [2.05, 4.69) is 14.8 Å². The highest BCUT2D eigenvalue weighted by Crippen LogP contribution is 2.21. The Labute approximate surface area is 185 Å². The van der Waals surface area contributed by atoms with Crippen LogP contribution in [0.4, 0.5) is 15.8 Å². The molecule has 0 aliphatic rings. The summed E-state index contributed by atoms with van der Waals surface area (Å²) in [7, 11) is -1.28. The molecule has 11 heteroatoms. The zero-order valence-corrected chi connectivity index (χ0v) is 18.6. The first-order valence-corrected chi connectivity index (χ1v) is 11.3. The van der Waals surface area contributed by atoms with Crippen LogP contribution in [0.15, 0.2) is 42.5 Å². The average Bonchev–Trinajstić information content (AvgIpc) is 2.75. The number of sulfonamides is 1. The fourth-order valence-electron chi connectivity index (χ4n) is 2.87. The molecule has 0 radical (unpaired) electrons. The van der Waals surface area contributed by atoms with Crippen LogP contribution in [-0.4, -0.2) is 53.3 Å². The van der Waals surface area contributed by atoms with Gasteiger partial charge in [0.25, 0.3) is 0 Å². The van der Waals surface area contributed by atoms with E-state index < -0.39 is 33.7 Å². The van der Waals surface area contributed by atoms with E-state index in [9.17, 15) is 27.2 Å². The van der Waals surface area contributed by atoms with Crippen LogP contribution >= 0.6 is 0 Å². The Balaban J connectivity index is 2.12. The smallest absolute Gasteiger partial charge is 0.339 e. The molecule has 0 unspecified atom stereocenters. The van der Waals surface area contributed by atoms with Crippen molar-refractivity contribution in [3.05, 3.63) is 59.4 Å². The van der Waals surface area contributed by atoms with E-state index in [1.807, 2.05) is 0 Å². The second-order valence-electron chi connectivity index (χ2n) is 6.71. The van der Waals surface area contributed by atoms with Crippen molar-refractivity contribution >= 4 is 39.2 Å². The van der Waals surface area contributed by atoms with E-state index in [1.165, 1.54) is 44.6 Å². The van der Waals surface area contributed by atoms with Crippen LogP contribution in [0.3, 0.4) is 0 Å². The molecule has 0 aromatic heterocycles.